The van der Waals surface area contributed by atoms with E-state index in [4.69, 9.17) is 0 Å². The highest BCUT2D eigenvalue weighted by Gasteiger charge is 2.06. The fourth-order valence-electron chi connectivity index (χ4n) is 1.75. The molecular weight excluding hydrogens is 176 g/mol. The van der Waals surface area contributed by atoms with Gasteiger partial charge in [0.25, 0.3) is 5.56 Å². The third-order valence-electron chi connectivity index (χ3n) is 2.40. The summed E-state index contributed by atoms with van der Waals surface area (Å²) in [4.78, 5) is 18.6. The first kappa shape index (κ1) is 8.94. The maximum atomic E-state index is 11.6. The van der Waals surface area contributed by atoms with Crippen molar-refractivity contribution in [3.05, 3.63) is 39.6 Å². The highest BCUT2D eigenvalue weighted by molar-refractivity contribution is 5.86. The summed E-state index contributed by atoms with van der Waals surface area (Å²) in [5.41, 5.74) is 2.76. The summed E-state index contributed by atoms with van der Waals surface area (Å²) >= 11 is 0. The number of rotatable bonds is 0. The smallest absolute Gasteiger partial charge is 0.257 e. The lowest BCUT2D eigenvalue weighted by molar-refractivity contribution is 1.13. The molecule has 2 aromatic rings. The van der Waals surface area contributed by atoms with Crippen LogP contribution in [0.25, 0.3) is 10.8 Å². The third-order valence-corrected chi connectivity index (χ3v) is 2.40. The van der Waals surface area contributed by atoms with Crippen molar-refractivity contribution in [2.75, 3.05) is 0 Å². The second-order valence-electron chi connectivity index (χ2n) is 3.57. The van der Waals surface area contributed by atoms with E-state index in [1.165, 1.54) is 0 Å². The van der Waals surface area contributed by atoms with Gasteiger partial charge < -0.3 is 4.98 Å². The van der Waals surface area contributed by atoms with E-state index in [1.807, 2.05) is 26.8 Å². The monoisotopic (exact) mass is 188 g/mol. The lowest BCUT2D eigenvalue weighted by Gasteiger charge is -2.04. The topological polar surface area (TPSA) is 45.8 Å². The zero-order chi connectivity index (χ0) is 10.3. The molecule has 0 saturated carbocycles. The molecule has 14 heavy (non-hydrogen) atoms. The molecule has 0 radical (unpaired) electrons. The number of aromatic nitrogens is 2. The quantitative estimate of drug-likeness (QED) is 0.685. The molecule has 0 atom stereocenters. The van der Waals surface area contributed by atoms with Gasteiger partial charge >= 0.3 is 0 Å². The highest BCUT2D eigenvalue weighted by atomic mass is 16.1. The summed E-state index contributed by atoms with van der Waals surface area (Å²) in [6.45, 7) is 5.79. The summed E-state index contributed by atoms with van der Waals surface area (Å²) in [5.74, 6) is 0. The molecule has 3 heteroatoms. The molecule has 2 heterocycles. The van der Waals surface area contributed by atoms with Gasteiger partial charge in [0.15, 0.2) is 0 Å². The number of aromatic amines is 1. The van der Waals surface area contributed by atoms with Crippen LogP contribution in [0, 0.1) is 20.8 Å². The number of hydrogen-bond donors (Lipinski definition) is 1. The number of aryl methyl sites for hydroxylation is 3. The summed E-state index contributed by atoms with van der Waals surface area (Å²) in [6, 6.07) is 1.95. The largest absolute Gasteiger partial charge is 0.328 e. The first-order valence-corrected chi connectivity index (χ1v) is 4.56. The molecule has 0 saturated heterocycles. The van der Waals surface area contributed by atoms with Crippen molar-refractivity contribution >= 4 is 10.8 Å². The van der Waals surface area contributed by atoms with E-state index in [9.17, 15) is 4.79 Å². The molecule has 0 aliphatic carbocycles. The van der Waals surface area contributed by atoms with Gasteiger partial charge in [0.1, 0.15) is 0 Å². The van der Waals surface area contributed by atoms with E-state index in [2.05, 4.69) is 9.97 Å². The van der Waals surface area contributed by atoms with Gasteiger partial charge in [0.05, 0.1) is 11.1 Å². The number of hydrogen-bond acceptors (Lipinski definition) is 2. The zero-order valence-corrected chi connectivity index (χ0v) is 8.51. The standard InChI is InChI=1S/C11H12N2O/c1-6-5-12-11(14)10-8(3)13-7(2)4-9(6)10/h4-5H,1-3H3,(H,12,14). The van der Waals surface area contributed by atoms with Gasteiger partial charge in [-0.1, -0.05) is 0 Å². The average molecular weight is 188 g/mol. The van der Waals surface area contributed by atoms with Crippen LogP contribution in [0.2, 0.25) is 0 Å². The van der Waals surface area contributed by atoms with Gasteiger partial charge in [-0.3, -0.25) is 9.78 Å². The third kappa shape index (κ3) is 1.21. The molecule has 0 fully saturated rings. The second-order valence-corrected chi connectivity index (χ2v) is 3.57. The van der Waals surface area contributed by atoms with Crippen LogP contribution in [0.15, 0.2) is 17.1 Å². The van der Waals surface area contributed by atoms with Gasteiger partial charge in [-0.15, -0.1) is 0 Å². The van der Waals surface area contributed by atoms with E-state index in [0.29, 0.717) is 5.39 Å². The van der Waals surface area contributed by atoms with Gasteiger partial charge in [-0.2, -0.15) is 0 Å². The van der Waals surface area contributed by atoms with Gasteiger partial charge in [-0.25, -0.2) is 0 Å². The van der Waals surface area contributed by atoms with Crippen LogP contribution < -0.4 is 5.56 Å². The van der Waals surface area contributed by atoms with Crippen LogP contribution in [0.1, 0.15) is 17.0 Å². The second kappa shape index (κ2) is 2.94. The molecule has 0 spiro atoms. The van der Waals surface area contributed by atoms with Crippen molar-refractivity contribution < 1.29 is 0 Å². The number of H-pyrrole nitrogens is 1. The van der Waals surface area contributed by atoms with Gasteiger partial charge in [-0.05, 0) is 37.8 Å². The first-order chi connectivity index (χ1) is 6.59. The van der Waals surface area contributed by atoms with Crippen molar-refractivity contribution in [3.8, 4) is 0 Å². The molecule has 0 aliphatic heterocycles. The predicted molar refractivity (Wildman–Crippen MR) is 56.6 cm³/mol. The van der Waals surface area contributed by atoms with Crippen molar-refractivity contribution in [3.63, 3.8) is 0 Å². The molecule has 0 aliphatic rings. The van der Waals surface area contributed by atoms with Gasteiger partial charge in [0, 0.05) is 11.9 Å². The Morgan fingerprint density at radius 1 is 1.29 bits per heavy atom. The van der Waals surface area contributed by atoms with E-state index < -0.39 is 0 Å². The molecular formula is C11H12N2O. The van der Waals surface area contributed by atoms with Crippen LogP contribution >= 0.6 is 0 Å². The number of pyridine rings is 2. The number of nitrogens with zero attached hydrogens (tertiary/aromatic N) is 1. The Morgan fingerprint density at radius 2 is 2.00 bits per heavy atom. The Hall–Kier alpha value is -1.64. The Bertz CT molecular complexity index is 555. The van der Waals surface area contributed by atoms with Crippen LogP contribution in [-0.4, -0.2) is 9.97 Å². The Kier molecular flexibility index (Phi) is 1.88. The zero-order valence-electron chi connectivity index (χ0n) is 8.51. The van der Waals surface area contributed by atoms with Crippen LogP contribution in [0.5, 0.6) is 0 Å². The maximum absolute atomic E-state index is 11.6. The first-order valence-electron chi connectivity index (χ1n) is 4.56. The lowest BCUT2D eigenvalue weighted by Crippen LogP contribution is -2.09. The Morgan fingerprint density at radius 3 is 2.71 bits per heavy atom. The van der Waals surface area contributed by atoms with Crippen molar-refractivity contribution in [2.45, 2.75) is 20.8 Å². The Balaban J connectivity index is 3.08. The van der Waals surface area contributed by atoms with E-state index >= 15 is 0 Å². The molecule has 0 amide bonds. The highest BCUT2D eigenvalue weighted by Crippen LogP contribution is 2.16. The van der Waals surface area contributed by atoms with E-state index in [1.54, 1.807) is 6.20 Å². The predicted octanol–water partition coefficient (Wildman–Crippen LogP) is 1.85. The van der Waals surface area contributed by atoms with E-state index in [0.717, 1.165) is 22.3 Å². The molecule has 0 unspecified atom stereocenters. The fraction of sp³-hybridized carbons (Fsp3) is 0.273. The summed E-state index contributed by atoms with van der Waals surface area (Å²) in [5, 5.41) is 1.70. The van der Waals surface area contributed by atoms with Crippen LogP contribution in [-0.2, 0) is 0 Å². The molecule has 2 aromatic heterocycles. The van der Waals surface area contributed by atoms with Crippen LogP contribution in [0.4, 0.5) is 0 Å². The molecule has 1 N–H and O–H groups in total. The van der Waals surface area contributed by atoms with Crippen molar-refractivity contribution in [1.29, 1.82) is 0 Å². The number of fused-ring (bicyclic) bond motifs is 1. The summed E-state index contributed by atoms with van der Waals surface area (Å²) in [7, 11) is 0. The maximum Gasteiger partial charge on any atom is 0.257 e. The summed E-state index contributed by atoms with van der Waals surface area (Å²) < 4.78 is 0. The van der Waals surface area contributed by atoms with Gasteiger partial charge in [0.2, 0.25) is 0 Å². The molecule has 3 nitrogen and oxygen atoms in total. The van der Waals surface area contributed by atoms with Crippen LogP contribution in [0.3, 0.4) is 0 Å². The molecule has 72 valence electrons. The minimum atomic E-state index is -0.0596. The minimum Gasteiger partial charge on any atom is -0.328 e. The normalized spacial score (nSPS) is 10.8. The lowest BCUT2D eigenvalue weighted by atomic mass is 10.1. The molecule has 0 bridgehead atoms. The SMILES string of the molecule is Cc1cc2c(C)c[nH]c(=O)c2c(C)n1. The molecule has 0 aromatic carbocycles. The average Bonchev–Trinajstić information content (AvgIpc) is 2.10. The minimum absolute atomic E-state index is 0.0596. The number of nitrogens with one attached hydrogen (secondary N) is 1. The van der Waals surface area contributed by atoms with Crippen molar-refractivity contribution in [2.24, 2.45) is 0 Å². The fourth-order valence-corrected chi connectivity index (χ4v) is 1.75. The van der Waals surface area contributed by atoms with Crippen molar-refractivity contribution in [1.82, 2.24) is 9.97 Å². The molecule has 2 rings (SSSR count). The summed E-state index contributed by atoms with van der Waals surface area (Å²) in [6.07, 6.45) is 1.74. The van der Waals surface area contributed by atoms with E-state index in [-0.39, 0.29) is 5.56 Å². The Labute approximate surface area is 81.8 Å².